The predicted octanol–water partition coefficient (Wildman–Crippen LogP) is 4.68. The third kappa shape index (κ3) is 3.08. The van der Waals surface area contributed by atoms with Crippen LogP contribution < -0.4 is 4.74 Å². The van der Waals surface area contributed by atoms with Crippen LogP contribution in [0, 0.1) is 0 Å². The quantitative estimate of drug-likeness (QED) is 0.705. The third-order valence-electron chi connectivity index (χ3n) is 2.44. The highest BCUT2D eigenvalue weighted by atomic mass is 19.1. The van der Waals surface area contributed by atoms with Crippen molar-refractivity contribution in [2.24, 2.45) is 0 Å². The summed E-state index contributed by atoms with van der Waals surface area (Å²) < 4.78 is 19.0. The van der Waals surface area contributed by atoms with Crippen LogP contribution in [0.25, 0.3) is 11.9 Å². The largest absolute Gasteiger partial charge is 0.462 e. The lowest BCUT2D eigenvalue weighted by Gasteiger charge is -2.02. The molecule has 0 spiro atoms. The van der Waals surface area contributed by atoms with Gasteiger partial charge in [-0.15, -0.1) is 0 Å². The van der Waals surface area contributed by atoms with Crippen LogP contribution in [0.2, 0.25) is 0 Å². The van der Waals surface area contributed by atoms with Crippen LogP contribution in [0.15, 0.2) is 67.4 Å². The Hall–Kier alpha value is -2.35. The van der Waals surface area contributed by atoms with E-state index in [4.69, 9.17) is 4.74 Å². The monoisotopic (exact) mass is 240 g/mol. The van der Waals surface area contributed by atoms with Gasteiger partial charge in [-0.3, -0.25) is 0 Å². The molecule has 0 radical (unpaired) electrons. The van der Waals surface area contributed by atoms with Crippen LogP contribution in [0.1, 0.15) is 11.1 Å². The molecule has 0 amide bonds. The predicted molar refractivity (Wildman–Crippen MR) is 72.7 cm³/mol. The summed E-state index contributed by atoms with van der Waals surface area (Å²) in [7, 11) is 0. The van der Waals surface area contributed by atoms with Gasteiger partial charge in [0.15, 0.2) is 5.83 Å². The average Bonchev–Trinajstić information content (AvgIpc) is 2.46. The highest BCUT2D eigenvalue weighted by Crippen LogP contribution is 2.18. The van der Waals surface area contributed by atoms with Crippen molar-refractivity contribution in [3.05, 3.63) is 78.6 Å². The highest BCUT2D eigenvalue weighted by molar-refractivity contribution is 5.58. The van der Waals surface area contributed by atoms with Gasteiger partial charge in [0.2, 0.25) is 0 Å². The summed E-state index contributed by atoms with van der Waals surface area (Å²) in [6, 6.07) is 16.1. The van der Waals surface area contributed by atoms with Crippen molar-refractivity contribution >= 4 is 11.9 Å². The number of hydrogen-bond donors (Lipinski definition) is 0. The highest BCUT2D eigenvalue weighted by Gasteiger charge is 1.99. The minimum absolute atomic E-state index is 0.403. The molecule has 2 rings (SSSR count). The zero-order chi connectivity index (χ0) is 12.8. The maximum atomic E-state index is 13.7. The summed E-state index contributed by atoms with van der Waals surface area (Å²) in [5, 5.41) is 0. The van der Waals surface area contributed by atoms with E-state index in [1.165, 1.54) is 0 Å². The Kier molecular flexibility index (Phi) is 3.92. The van der Waals surface area contributed by atoms with E-state index < -0.39 is 5.83 Å². The van der Waals surface area contributed by atoms with E-state index in [-0.39, 0.29) is 0 Å². The Balaban J connectivity index is 2.12. The Morgan fingerprint density at radius 2 is 1.83 bits per heavy atom. The molecular weight excluding hydrogens is 227 g/mol. The maximum absolute atomic E-state index is 13.7. The fraction of sp³-hybridized carbons (Fsp3) is 0. The molecule has 2 aromatic rings. The van der Waals surface area contributed by atoms with Crippen molar-refractivity contribution in [3.8, 4) is 5.75 Å². The SMILES string of the molecule is C=Cc1cccc(O/C=C(/F)c2ccccc2)c1. The second-order valence-electron chi connectivity index (χ2n) is 3.73. The minimum Gasteiger partial charge on any atom is -0.462 e. The van der Waals surface area contributed by atoms with Crippen LogP contribution in [-0.4, -0.2) is 0 Å². The number of halogens is 1. The number of hydrogen-bond acceptors (Lipinski definition) is 1. The molecule has 2 heteroatoms. The van der Waals surface area contributed by atoms with Gasteiger partial charge in [0.1, 0.15) is 12.0 Å². The lowest BCUT2D eigenvalue weighted by atomic mass is 10.2. The van der Waals surface area contributed by atoms with Gasteiger partial charge in [-0.25, -0.2) is 4.39 Å². The summed E-state index contributed by atoms with van der Waals surface area (Å²) in [4.78, 5) is 0. The molecule has 1 nitrogen and oxygen atoms in total. The molecule has 0 aromatic heterocycles. The zero-order valence-electron chi connectivity index (χ0n) is 9.84. The molecule has 90 valence electrons. The van der Waals surface area contributed by atoms with Crippen LogP contribution >= 0.6 is 0 Å². The first-order chi connectivity index (χ1) is 8.79. The average molecular weight is 240 g/mol. The minimum atomic E-state index is -0.403. The van der Waals surface area contributed by atoms with Crippen LogP contribution in [0.4, 0.5) is 4.39 Å². The molecule has 0 saturated carbocycles. The third-order valence-corrected chi connectivity index (χ3v) is 2.44. The summed E-state index contributed by atoms with van der Waals surface area (Å²) in [5.74, 6) is 0.179. The Morgan fingerprint density at radius 3 is 2.56 bits per heavy atom. The molecule has 2 aromatic carbocycles. The first-order valence-corrected chi connectivity index (χ1v) is 5.60. The standard InChI is InChI=1S/C16H13FO/c1-2-13-7-6-10-15(11-13)18-12-16(17)14-8-4-3-5-9-14/h2-12H,1H2/b16-12+. The van der Waals surface area contributed by atoms with Gasteiger partial charge in [0.05, 0.1) is 0 Å². The molecule has 18 heavy (non-hydrogen) atoms. The van der Waals surface area contributed by atoms with Gasteiger partial charge in [0, 0.05) is 5.56 Å². The van der Waals surface area contributed by atoms with Gasteiger partial charge in [-0.05, 0) is 17.7 Å². The molecule has 0 unspecified atom stereocenters. The summed E-state index contributed by atoms with van der Waals surface area (Å²) in [6.45, 7) is 3.67. The number of ether oxygens (including phenoxy) is 1. The van der Waals surface area contributed by atoms with Crippen molar-refractivity contribution < 1.29 is 9.13 Å². The molecule has 0 aliphatic heterocycles. The Bertz CT molecular complexity index is 558. The molecule has 0 bridgehead atoms. The first-order valence-electron chi connectivity index (χ1n) is 5.60. The lowest BCUT2D eigenvalue weighted by molar-refractivity contribution is 0.473. The van der Waals surface area contributed by atoms with E-state index in [0.717, 1.165) is 11.8 Å². The Morgan fingerprint density at radius 1 is 1.06 bits per heavy atom. The van der Waals surface area contributed by atoms with Crippen molar-refractivity contribution in [1.82, 2.24) is 0 Å². The summed E-state index contributed by atoms with van der Waals surface area (Å²) in [5.41, 5.74) is 1.43. The second-order valence-corrected chi connectivity index (χ2v) is 3.73. The van der Waals surface area contributed by atoms with Crippen LogP contribution in [-0.2, 0) is 0 Å². The van der Waals surface area contributed by atoms with Crippen LogP contribution in [0.3, 0.4) is 0 Å². The van der Waals surface area contributed by atoms with E-state index in [1.54, 1.807) is 42.5 Å². The molecule has 0 fully saturated rings. The van der Waals surface area contributed by atoms with Gasteiger partial charge in [0.25, 0.3) is 0 Å². The van der Waals surface area contributed by atoms with E-state index >= 15 is 0 Å². The van der Waals surface area contributed by atoms with Crippen LogP contribution in [0.5, 0.6) is 5.75 Å². The second kappa shape index (κ2) is 5.82. The van der Waals surface area contributed by atoms with Crippen molar-refractivity contribution in [1.29, 1.82) is 0 Å². The van der Waals surface area contributed by atoms with E-state index in [9.17, 15) is 4.39 Å². The summed E-state index contributed by atoms with van der Waals surface area (Å²) >= 11 is 0. The van der Waals surface area contributed by atoms with E-state index in [0.29, 0.717) is 11.3 Å². The first kappa shape index (κ1) is 12.1. The molecular formula is C16H13FO. The molecule has 0 atom stereocenters. The fourth-order valence-corrected chi connectivity index (χ4v) is 1.50. The van der Waals surface area contributed by atoms with Crippen molar-refractivity contribution in [2.75, 3.05) is 0 Å². The molecule has 0 saturated heterocycles. The Labute approximate surface area is 106 Å². The van der Waals surface area contributed by atoms with Gasteiger partial charge >= 0.3 is 0 Å². The van der Waals surface area contributed by atoms with E-state index in [1.807, 2.05) is 18.2 Å². The van der Waals surface area contributed by atoms with Crippen molar-refractivity contribution in [2.45, 2.75) is 0 Å². The molecule has 0 aliphatic carbocycles. The number of benzene rings is 2. The molecule has 0 N–H and O–H groups in total. The molecule has 0 aliphatic rings. The normalized spacial score (nSPS) is 11.1. The van der Waals surface area contributed by atoms with Gasteiger partial charge in [-0.1, -0.05) is 55.1 Å². The zero-order valence-corrected chi connectivity index (χ0v) is 9.84. The topological polar surface area (TPSA) is 9.23 Å². The lowest BCUT2D eigenvalue weighted by Crippen LogP contribution is -1.85. The fourth-order valence-electron chi connectivity index (χ4n) is 1.50. The number of rotatable bonds is 4. The maximum Gasteiger partial charge on any atom is 0.165 e. The van der Waals surface area contributed by atoms with Gasteiger partial charge in [-0.2, -0.15) is 0 Å². The molecule has 0 heterocycles. The summed E-state index contributed by atoms with van der Waals surface area (Å²) in [6.07, 6.45) is 2.82. The van der Waals surface area contributed by atoms with Gasteiger partial charge < -0.3 is 4.74 Å². The van der Waals surface area contributed by atoms with Crippen molar-refractivity contribution in [3.63, 3.8) is 0 Å². The smallest absolute Gasteiger partial charge is 0.165 e. The van der Waals surface area contributed by atoms with E-state index in [2.05, 4.69) is 6.58 Å².